The summed E-state index contributed by atoms with van der Waals surface area (Å²) in [6, 6.07) is 17.6. The number of hydrazone groups is 1. The molecule has 1 heterocycles. The highest BCUT2D eigenvalue weighted by molar-refractivity contribution is 5.95. The molecule has 3 rings (SSSR count). The number of amides is 1. The van der Waals surface area contributed by atoms with Gasteiger partial charge in [0.2, 0.25) is 0 Å². The Balaban J connectivity index is 1.70. The lowest BCUT2D eigenvalue weighted by atomic mass is 10.1. The fourth-order valence-corrected chi connectivity index (χ4v) is 2.73. The molecule has 132 valence electrons. The van der Waals surface area contributed by atoms with Crippen LogP contribution in [0.15, 0.2) is 59.7 Å². The summed E-state index contributed by atoms with van der Waals surface area (Å²) in [5.74, 6) is -0.228. The Morgan fingerprint density at radius 1 is 1.08 bits per heavy atom. The van der Waals surface area contributed by atoms with Crippen molar-refractivity contribution in [2.45, 2.75) is 27.3 Å². The standard InChI is InChI=1S/C21H22N4O/c1-15-9-11-19(12-10-15)21(26)23-22-13-20-16(2)24-25(17(20)3)14-18-7-5-4-6-8-18/h4-13H,14H2,1-3H3,(H,23,26)/b22-13-. The molecule has 0 spiro atoms. The van der Waals surface area contributed by atoms with Crippen molar-refractivity contribution in [1.82, 2.24) is 15.2 Å². The average molecular weight is 346 g/mol. The van der Waals surface area contributed by atoms with Gasteiger partial charge in [0.1, 0.15) is 0 Å². The Bertz CT molecular complexity index is 925. The van der Waals surface area contributed by atoms with Gasteiger partial charge in [0.25, 0.3) is 5.91 Å². The molecule has 26 heavy (non-hydrogen) atoms. The normalized spacial score (nSPS) is 11.0. The van der Waals surface area contributed by atoms with Crippen LogP contribution in [0.25, 0.3) is 0 Å². The molecule has 0 aliphatic rings. The summed E-state index contributed by atoms with van der Waals surface area (Å²) in [6.45, 7) is 6.64. The lowest BCUT2D eigenvalue weighted by Crippen LogP contribution is -2.17. The summed E-state index contributed by atoms with van der Waals surface area (Å²) in [5, 5.41) is 8.69. The smallest absolute Gasteiger partial charge is 0.267 e. The van der Waals surface area contributed by atoms with E-state index in [4.69, 9.17) is 0 Å². The summed E-state index contributed by atoms with van der Waals surface area (Å²) < 4.78 is 1.95. The molecule has 0 unspecified atom stereocenters. The molecule has 0 fully saturated rings. The van der Waals surface area contributed by atoms with Gasteiger partial charge in [-0.25, -0.2) is 5.43 Å². The molecule has 1 aromatic heterocycles. The van der Waals surface area contributed by atoms with Gasteiger partial charge in [0.15, 0.2) is 0 Å². The SMILES string of the molecule is Cc1ccc(C(=O)N/N=C\c2c(C)nn(Cc3ccccc3)c2C)cc1. The van der Waals surface area contributed by atoms with Crippen molar-refractivity contribution < 1.29 is 4.79 Å². The molecule has 0 aliphatic heterocycles. The number of hydrogen-bond acceptors (Lipinski definition) is 3. The van der Waals surface area contributed by atoms with Crippen molar-refractivity contribution in [2.75, 3.05) is 0 Å². The van der Waals surface area contributed by atoms with E-state index in [0.29, 0.717) is 12.1 Å². The van der Waals surface area contributed by atoms with Crippen LogP contribution >= 0.6 is 0 Å². The van der Waals surface area contributed by atoms with Gasteiger partial charge in [0, 0.05) is 16.8 Å². The van der Waals surface area contributed by atoms with Gasteiger partial charge < -0.3 is 0 Å². The summed E-state index contributed by atoms with van der Waals surface area (Å²) >= 11 is 0. The van der Waals surface area contributed by atoms with E-state index in [1.165, 1.54) is 5.56 Å². The van der Waals surface area contributed by atoms with Gasteiger partial charge in [-0.05, 0) is 38.5 Å². The Morgan fingerprint density at radius 2 is 1.77 bits per heavy atom. The van der Waals surface area contributed by atoms with Crippen LogP contribution in [-0.2, 0) is 6.54 Å². The van der Waals surface area contributed by atoms with E-state index in [-0.39, 0.29) is 5.91 Å². The van der Waals surface area contributed by atoms with Crippen molar-refractivity contribution in [2.24, 2.45) is 5.10 Å². The minimum atomic E-state index is -0.228. The maximum atomic E-state index is 12.1. The molecule has 1 amide bonds. The van der Waals surface area contributed by atoms with E-state index < -0.39 is 0 Å². The number of carbonyl (C=O) groups excluding carboxylic acids is 1. The molecule has 5 heteroatoms. The third kappa shape index (κ3) is 4.06. The second-order valence-corrected chi connectivity index (χ2v) is 6.29. The lowest BCUT2D eigenvalue weighted by molar-refractivity contribution is 0.0955. The second-order valence-electron chi connectivity index (χ2n) is 6.29. The zero-order chi connectivity index (χ0) is 18.5. The molecule has 0 bridgehead atoms. The monoisotopic (exact) mass is 346 g/mol. The van der Waals surface area contributed by atoms with Crippen LogP contribution in [-0.4, -0.2) is 21.9 Å². The number of rotatable bonds is 5. The number of hydrogen-bond donors (Lipinski definition) is 1. The fourth-order valence-electron chi connectivity index (χ4n) is 2.73. The molecule has 0 saturated carbocycles. The second kappa shape index (κ2) is 7.78. The number of carbonyl (C=O) groups is 1. The van der Waals surface area contributed by atoms with Crippen LogP contribution in [0.4, 0.5) is 0 Å². The number of aromatic nitrogens is 2. The van der Waals surface area contributed by atoms with Gasteiger partial charge >= 0.3 is 0 Å². The van der Waals surface area contributed by atoms with Crippen molar-refractivity contribution in [3.8, 4) is 0 Å². The van der Waals surface area contributed by atoms with Crippen molar-refractivity contribution >= 4 is 12.1 Å². The zero-order valence-electron chi connectivity index (χ0n) is 15.2. The molecular formula is C21H22N4O. The lowest BCUT2D eigenvalue weighted by Gasteiger charge is -2.04. The van der Waals surface area contributed by atoms with E-state index in [1.807, 2.05) is 55.8 Å². The van der Waals surface area contributed by atoms with E-state index >= 15 is 0 Å². The summed E-state index contributed by atoms with van der Waals surface area (Å²) in [4.78, 5) is 12.1. The van der Waals surface area contributed by atoms with Crippen LogP contribution in [0.1, 0.15) is 38.4 Å². The minimum Gasteiger partial charge on any atom is -0.267 e. The first kappa shape index (κ1) is 17.6. The number of aryl methyl sites for hydroxylation is 2. The molecule has 0 aliphatic carbocycles. The summed E-state index contributed by atoms with van der Waals surface area (Å²) in [5.41, 5.74) is 8.28. The van der Waals surface area contributed by atoms with Crippen LogP contribution in [0.3, 0.4) is 0 Å². The van der Waals surface area contributed by atoms with Crippen LogP contribution in [0.5, 0.6) is 0 Å². The maximum Gasteiger partial charge on any atom is 0.271 e. The van der Waals surface area contributed by atoms with Crippen molar-refractivity contribution in [3.05, 3.63) is 88.2 Å². The maximum absolute atomic E-state index is 12.1. The third-order valence-corrected chi connectivity index (χ3v) is 4.29. The van der Waals surface area contributed by atoms with Gasteiger partial charge in [-0.15, -0.1) is 0 Å². The number of benzene rings is 2. The first-order chi connectivity index (χ1) is 12.5. The molecule has 0 saturated heterocycles. The topological polar surface area (TPSA) is 59.3 Å². The van der Waals surface area contributed by atoms with Gasteiger partial charge in [-0.1, -0.05) is 48.0 Å². The highest BCUT2D eigenvalue weighted by Gasteiger charge is 2.10. The van der Waals surface area contributed by atoms with Crippen LogP contribution < -0.4 is 5.43 Å². The molecule has 3 aromatic rings. The van der Waals surface area contributed by atoms with E-state index in [9.17, 15) is 4.79 Å². The molecule has 0 radical (unpaired) electrons. The molecule has 5 nitrogen and oxygen atoms in total. The highest BCUT2D eigenvalue weighted by Crippen LogP contribution is 2.13. The van der Waals surface area contributed by atoms with E-state index in [2.05, 4.69) is 27.8 Å². The minimum absolute atomic E-state index is 0.228. The molecule has 2 aromatic carbocycles. The van der Waals surface area contributed by atoms with E-state index in [1.54, 1.807) is 18.3 Å². The predicted molar refractivity (Wildman–Crippen MR) is 103 cm³/mol. The third-order valence-electron chi connectivity index (χ3n) is 4.29. The summed E-state index contributed by atoms with van der Waals surface area (Å²) in [6.07, 6.45) is 1.66. The van der Waals surface area contributed by atoms with Crippen molar-refractivity contribution in [1.29, 1.82) is 0 Å². The Morgan fingerprint density at radius 3 is 2.46 bits per heavy atom. The number of nitrogens with one attached hydrogen (secondary N) is 1. The predicted octanol–water partition coefficient (Wildman–Crippen LogP) is 3.62. The van der Waals surface area contributed by atoms with Crippen molar-refractivity contribution in [3.63, 3.8) is 0 Å². The first-order valence-corrected chi connectivity index (χ1v) is 8.52. The highest BCUT2D eigenvalue weighted by atomic mass is 16.2. The molecule has 0 atom stereocenters. The Labute approximate surface area is 153 Å². The zero-order valence-corrected chi connectivity index (χ0v) is 15.2. The number of nitrogens with zero attached hydrogens (tertiary/aromatic N) is 3. The van der Waals surface area contributed by atoms with Gasteiger partial charge in [-0.2, -0.15) is 10.2 Å². The first-order valence-electron chi connectivity index (χ1n) is 8.52. The van der Waals surface area contributed by atoms with Crippen LogP contribution in [0, 0.1) is 20.8 Å². The van der Waals surface area contributed by atoms with Gasteiger partial charge in [-0.3, -0.25) is 9.48 Å². The largest absolute Gasteiger partial charge is 0.271 e. The fraction of sp³-hybridized carbons (Fsp3) is 0.190. The van der Waals surface area contributed by atoms with Crippen LogP contribution in [0.2, 0.25) is 0 Å². The molecular weight excluding hydrogens is 324 g/mol. The Kier molecular flexibility index (Phi) is 5.27. The molecule has 1 N–H and O–H groups in total. The quantitative estimate of drug-likeness (QED) is 0.566. The Hall–Kier alpha value is -3.21. The van der Waals surface area contributed by atoms with Gasteiger partial charge in [0.05, 0.1) is 18.5 Å². The van der Waals surface area contributed by atoms with E-state index in [0.717, 1.165) is 22.5 Å². The summed E-state index contributed by atoms with van der Waals surface area (Å²) in [7, 11) is 0. The average Bonchev–Trinajstić information content (AvgIpc) is 2.90.